The molecule has 0 rings (SSSR count). The van der Waals surface area contributed by atoms with E-state index in [4.69, 9.17) is 26.9 Å². The van der Waals surface area contributed by atoms with E-state index in [-0.39, 0.29) is 5.97 Å². The van der Waals surface area contributed by atoms with Gasteiger partial charge >= 0.3 is 5.97 Å². The lowest BCUT2D eigenvalue weighted by Gasteiger charge is -2.14. The van der Waals surface area contributed by atoms with Crippen LogP contribution in [0.15, 0.2) is 12.2 Å². The van der Waals surface area contributed by atoms with Crippen molar-refractivity contribution in [2.75, 3.05) is 6.61 Å². The third kappa shape index (κ3) is 8.97. The van der Waals surface area contributed by atoms with Crippen LogP contribution in [-0.4, -0.2) is 19.3 Å². The Morgan fingerprint density at radius 3 is 2.60 bits per heavy atom. The Bertz CT molecular complexity index is 217. The van der Waals surface area contributed by atoms with E-state index in [1.54, 1.807) is 13.0 Å². The summed E-state index contributed by atoms with van der Waals surface area (Å²) in [7, 11) is 0. The first-order chi connectivity index (χ1) is 7.02. The molecular weight excluding hydrogens is 251 g/mol. The molecule has 88 valence electrons. The number of hydrogen-bond acceptors (Lipinski definition) is 2. The van der Waals surface area contributed by atoms with Gasteiger partial charge < -0.3 is 4.74 Å². The van der Waals surface area contributed by atoms with Crippen molar-refractivity contribution in [1.29, 1.82) is 0 Å². The highest BCUT2D eigenvalue weighted by atomic mass is 35.7. The first-order valence-corrected chi connectivity index (χ1v) is 9.63. The van der Waals surface area contributed by atoms with Gasteiger partial charge in [0.2, 0.25) is 0 Å². The lowest BCUT2D eigenvalue weighted by molar-refractivity contribution is -0.137. The summed E-state index contributed by atoms with van der Waals surface area (Å²) < 4.78 is 4.94. The summed E-state index contributed by atoms with van der Waals surface area (Å²) in [6, 6.07) is 1.69. The molecule has 0 saturated heterocycles. The first-order valence-electron chi connectivity index (χ1n) is 5.19. The van der Waals surface area contributed by atoms with E-state index in [1.165, 1.54) is 6.08 Å². The summed E-state index contributed by atoms with van der Waals surface area (Å²) in [6.45, 7) is 2.19. The van der Waals surface area contributed by atoms with E-state index in [2.05, 4.69) is 6.92 Å². The zero-order valence-electron chi connectivity index (χ0n) is 9.26. The number of rotatable bonds is 7. The Morgan fingerprint density at radius 1 is 1.40 bits per heavy atom. The Hall–Kier alpha value is 0.00688. The van der Waals surface area contributed by atoms with Crippen LogP contribution >= 0.6 is 22.2 Å². The van der Waals surface area contributed by atoms with Gasteiger partial charge in [0.15, 0.2) is 0 Å². The molecule has 2 nitrogen and oxygen atoms in total. The first kappa shape index (κ1) is 15.0. The number of esters is 1. The molecule has 0 heterocycles. The number of hydrogen-bond donors (Lipinski definition) is 0. The highest BCUT2D eigenvalue weighted by molar-refractivity contribution is 7.45. The molecule has 0 aliphatic carbocycles. The van der Waals surface area contributed by atoms with Crippen molar-refractivity contribution in [3.63, 3.8) is 0 Å². The molecule has 0 saturated carbocycles. The number of allylic oxidation sites excluding steroid dienone is 1. The fourth-order valence-electron chi connectivity index (χ4n) is 1.18. The molecule has 0 aromatic rings. The summed E-state index contributed by atoms with van der Waals surface area (Å²) in [4.78, 5) is 10.9. The summed E-state index contributed by atoms with van der Waals surface area (Å²) in [5.41, 5.74) is 0. The Labute approximate surface area is 102 Å². The quantitative estimate of drug-likeness (QED) is 0.231. The van der Waals surface area contributed by atoms with Crippen molar-refractivity contribution in [3.8, 4) is 0 Å². The SMILES string of the molecule is CC=CC(=O)OCCC[Si](Cl)(Cl)CCC. The van der Waals surface area contributed by atoms with Crippen LogP contribution < -0.4 is 0 Å². The number of carbonyl (C=O) groups is 1. The predicted molar refractivity (Wildman–Crippen MR) is 67.8 cm³/mol. The second-order valence-electron chi connectivity index (χ2n) is 3.38. The Kier molecular flexibility index (Phi) is 8.20. The zero-order valence-corrected chi connectivity index (χ0v) is 11.8. The number of ether oxygens (including phenoxy) is 1. The van der Waals surface area contributed by atoms with Crippen molar-refractivity contribution in [1.82, 2.24) is 0 Å². The van der Waals surface area contributed by atoms with Crippen LogP contribution in [0.3, 0.4) is 0 Å². The summed E-state index contributed by atoms with van der Waals surface area (Å²) in [6.07, 6.45) is 4.82. The maximum atomic E-state index is 10.9. The molecule has 0 spiro atoms. The Balaban J connectivity index is 3.57. The third-order valence-corrected chi connectivity index (χ3v) is 6.43. The van der Waals surface area contributed by atoms with E-state index >= 15 is 0 Å². The fourth-order valence-corrected chi connectivity index (χ4v) is 4.76. The fraction of sp³-hybridized carbons (Fsp3) is 0.700. The van der Waals surface area contributed by atoms with Crippen molar-refractivity contribution < 1.29 is 9.53 Å². The van der Waals surface area contributed by atoms with Gasteiger partial charge in [-0.3, -0.25) is 0 Å². The molecule has 0 aliphatic heterocycles. The van der Waals surface area contributed by atoms with Gasteiger partial charge in [-0.05, 0) is 25.4 Å². The standard InChI is InChI=1S/C10H18Cl2O2Si/c1-3-6-10(13)14-7-5-9-15(11,12)8-4-2/h3,6H,4-5,7-9H2,1-2H3. The van der Waals surface area contributed by atoms with Gasteiger partial charge in [0.25, 0.3) is 6.69 Å². The van der Waals surface area contributed by atoms with Gasteiger partial charge in [-0.15, -0.1) is 22.2 Å². The smallest absolute Gasteiger partial charge is 0.330 e. The maximum Gasteiger partial charge on any atom is 0.330 e. The molecule has 15 heavy (non-hydrogen) atoms. The normalized spacial score (nSPS) is 12.0. The van der Waals surface area contributed by atoms with Gasteiger partial charge in [-0.25, -0.2) is 4.79 Å². The van der Waals surface area contributed by atoms with Gasteiger partial charge in [0.05, 0.1) is 6.61 Å². The molecule has 0 fully saturated rings. The molecule has 0 radical (unpaired) electrons. The molecular formula is C10H18Cl2O2Si. The molecule has 0 N–H and O–H groups in total. The van der Waals surface area contributed by atoms with E-state index in [1.807, 2.05) is 0 Å². The molecule has 0 aromatic heterocycles. The lowest BCUT2D eigenvalue weighted by atomic mass is 10.5. The van der Waals surface area contributed by atoms with E-state index in [0.717, 1.165) is 24.9 Å². The van der Waals surface area contributed by atoms with Crippen LogP contribution in [0.1, 0.15) is 26.7 Å². The monoisotopic (exact) mass is 268 g/mol. The maximum absolute atomic E-state index is 10.9. The van der Waals surface area contributed by atoms with E-state index < -0.39 is 6.69 Å². The average Bonchev–Trinajstić information content (AvgIpc) is 2.13. The highest BCUT2D eigenvalue weighted by Gasteiger charge is 2.26. The molecule has 0 aliphatic rings. The minimum absolute atomic E-state index is 0.301. The third-order valence-electron chi connectivity index (χ3n) is 1.85. The largest absolute Gasteiger partial charge is 0.463 e. The van der Waals surface area contributed by atoms with Crippen molar-refractivity contribution in [2.24, 2.45) is 0 Å². The Morgan fingerprint density at radius 2 is 2.07 bits per heavy atom. The zero-order chi connectivity index (χ0) is 11.7. The molecule has 5 heteroatoms. The van der Waals surface area contributed by atoms with E-state index in [0.29, 0.717) is 6.61 Å². The van der Waals surface area contributed by atoms with Crippen molar-refractivity contribution in [3.05, 3.63) is 12.2 Å². The van der Waals surface area contributed by atoms with Gasteiger partial charge in [-0.1, -0.05) is 19.4 Å². The van der Waals surface area contributed by atoms with Gasteiger partial charge in [0.1, 0.15) is 0 Å². The minimum Gasteiger partial charge on any atom is -0.463 e. The topological polar surface area (TPSA) is 26.3 Å². The van der Waals surface area contributed by atoms with Crippen LogP contribution in [0, 0.1) is 0 Å². The summed E-state index contributed by atoms with van der Waals surface area (Å²) >= 11 is 12.3. The second-order valence-corrected chi connectivity index (χ2v) is 11.0. The van der Waals surface area contributed by atoms with Crippen molar-refractivity contribution >= 4 is 34.8 Å². The highest BCUT2D eigenvalue weighted by Crippen LogP contribution is 2.28. The van der Waals surface area contributed by atoms with Crippen LogP contribution in [0.5, 0.6) is 0 Å². The van der Waals surface area contributed by atoms with Crippen molar-refractivity contribution in [2.45, 2.75) is 38.8 Å². The number of carbonyl (C=O) groups excluding carboxylic acids is 1. The predicted octanol–water partition coefficient (Wildman–Crippen LogP) is 3.83. The number of halogens is 2. The molecule has 0 atom stereocenters. The molecule has 0 amide bonds. The van der Waals surface area contributed by atoms with Gasteiger partial charge in [-0.2, -0.15) is 0 Å². The lowest BCUT2D eigenvalue weighted by Crippen LogP contribution is -2.19. The summed E-state index contributed by atoms with van der Waals surface area (Å²) in [5.74, 6) is -0.301. The van der Waals surface area contributed by atoms with Crippen LogP contribution in [0.4, 0.5) is 0 Å². The van der Waals surface area contributed by atoms with Crippen LogP contribution in [-0.2, 0) is 9.53 Å². The van der Waals surface area contributed by atoms with Gasteiger partial charge in [0, 0.05) is 6.08 Å². The minimum atomic E-state index is -2.06. The molecule has 0 bridgehead atoms. The summed E-state index contributed by atoms with van der Waals surface area (Å²) in [5, 5.41) is 0. The molecule has 0 unspecified atom stereocenters. The second kappa shape index (κ2) is 8.19. The average molecular weight is 269 g/mol. The molecule has 0 aromatic carbocycles. The van der Waals surface area contributed by atoms with E-state index in [9.17, 15) is 4.79 Å². The van der Waals surface area contributed by atoms with Crippen LogP contribution in [0.25, 0.3) is 0 Å². The van der Waals surface area contributed by atoms with Crippen LogP contribution in [0.2, 0.25) is 12.1 Å².